The Hall–Kier alpha value is -1.67. The second-order valence-electron chi connectivity index (χ2n) is 6.08. The van der Waals surface area contributed by atoms with E-state index >= 15 is 0 Å². The second-order valence-corrected chi connectivity index (χ2v) is 7.43. The Labute approximate surface area is 154 Å². The highest BCUT2D eigenvalue weighted by Crippen LogP contribution is 2.31. The fourth-order valence-electron chi connectivity index (χ4n) is 2.90. The molecule has 0 spiro atoms. The second kappa shape index (κ2) is 8.14. The predicted octanol–water partition coefficient (Wildman–Crippen LogP) is 3.33. The lowest BCUT2D eigenvalue weighted by Gasteiger charge is -2.18. The van der Waals surface area contributed by atoms with Crippen LogP contribution in [0.4, 0.5) is 4.39 Å². The van der Waals surface area contributed by atoms with Crippen LogP contribution in [0.2, 0.25) is 5.02 Å². The third-order valence-corrected chi connectivity index (χ3v) is 5.61. The van der Waals surface area contributed by atoms with Gasteiger partial charge in [-0.05, 0) is 35.4 Å². The average Bonchev–Trinajstić information content (AvgIpc) is 3.26. The monoisotopic (exact) mass is 383 g/mol. The third kappa shape index (κ3) is 4.30. The number of amides is 1. The predicted molar refractivity (Wildman–Crippen MR) is 93.9 cm³/mol. The summed E-state index contributed by atoms with van der Waals surface area (Å²) in [5, 5.41) is 12.8. The Morgan fingerprint density at radius 1 is 1.44 bits per heavy atom. The van der Waals surface area contributed by atoms with Crippen molar-refractivity contribution >= 4 is 29.3 Å². The fourth-order valence-corrected chi connectivity index (χ4v) is 4.01. The molecular formula is C16H19ClFN5OS. The number of hydrogen-bond acceptors (Lipinski definition) is 5. The van der Waals surface area contributed by atoms with Gasteiger partial charge in [-0.15, -0.1) is 5.10 Å². The van der Waals surface area contributed by atoms with Gasteiger partial charge in [0.15, 0.2) is 0 Å². The highest BCUT2D eigenvalue weighted by Gasteiger charge is 2.22. The smallest absolute Gasteiger partial charge is 0.233 e. The molecule has 2 aromatic rings. The van der Waals surface area contributed by atoms with Crippen molar-refractivity contribution in [1.82, 2.24) is 25.1 Å². The lowest BCUT2D eigenvalue weighted by atomic mass is 10.2. The van der Waals surface area contributed by atoms with Crippen molar-refractivity contribution in [3.05, 3.63) is 34.6 Å². The third-order valence-electron chi connectivity index (χ3n) is 4.34. The quantitative estimate of drug-likeness (QED) is 0.716. The molecule has 134 valence electrons. The largest absolute Gasteiger partial charge is 0.341 e. The van der Waals surface area contributed by atoms with E-state index in [4.69, 9.17) is 11.6 Å². The van der Waals surface area contributed by atoms with Gasteiger partial charge in [-0.3, -0.25) is 4.79 Å². The van der Waals surface area contributed by atoms with Crippen LogP contribution in [0.1, 0.15) is 37.3 Å². The molecule has 3 rings (SSSR count). The average molecular weight is 384 g/mol. The van der Waals surface area contributed by atoms with Gasteiger partial charge in [0.25, 0.3) is 0 Å². The number of hydrogen-bond donors (Lipinski definition) is 0. The standard InChI is InChI=1S/C16H19ClFN5OS/c1-22(9-12-13(17)7-4-8-14(12)18)15(24)10-25-16-19-20-21-23(16)11-5-2-3-6-11/h4,7-8,11H,2-3,5-6,9-10H2,1H3. The summed E-state index contributed by atoms with van der Waals surface area (Å²) in [7, 11) is 1.63. The fraction of sp³-hybridized carbons (Fsp3) is 0.500. The number of halogens is 2. The van der Waals surface area contributed by atoms with E-state index in [9.17, 15) is 9.18 Å². The first-order valence-electron chi connectivity index (χ1n) is 8.13. The highest BCUT2D eigenvalue weighted by atomic mass is 35.5. The van der Waals surface area contributed by atoms with E-state index in [0.717, 1.165) is 12.8 Å². The molecule has 0 unspecified atom stereocenters. The summed E-state index contributed by atoms with van der Waals surface area (Å²) >= 11 is 7.32. The van der Waals surface area contributed by atoms with E-state index in [-0.39, 0.29) is 18.2 Å². The maximum Gasteiger partial charge on any atom is 0.233 e. The van der Waals surface area contributed by atoms with Crippen LogP contribution in [0.3, 0.4) is 0 Å². The Morgan fingerprint density at radius 3 is 2.92 bits per heavy atom. The molecule has 0 bridgehead atoms. The SMILES string of the molecule is CN(Cc1c(F)cccc1Cl)C(=O)CSc1nnnn1C1CCCC1. The van der Waals surface area contributed by atoms with Gasteiger partial charge >= 0.3 is 0 Å². The zero-order valence-corrected chi connectivity index (χ0v) is 15.4. The van der Waals surface area contributed by atoms with Crippen LogP contribution in [0.15, 0.2) is 23.4 Å². The lowest BCUT2D eigenvalue weighted by Crippen LogP contribution is -2.28. The summed E-state index contributed by atoms with van der Waals surface area (Å²) in [6, 6.07) is 4.82. The van der Waals surface area contributed by atoms with Crippen molar-refractivity contribution in [2.24, 2.45) is 0 Å². The minimum absolute atomic E-state index is 0.123. The number of tetrazole rings is 1. The molecule has 1 saturated carbocycles. The van der Waals surface area contributed by atoms with Crippen molar-refractivity contribution in [2.75, 3.05) is 12.8 Å². The summed E-state index contributed by atoms with van der Waals surface area (Å²) in [4.78, 5) is 13.8. The Balaban J connectivity index is 1.58. The maximum atomic E-state index is 13.9. The van der Waals surface area contributed by atoms with Gasteiger partial charge in [0, 0.05) is 24.2 Å². The van der Waals surface area contributed by atoms with Crippen LogP contribution in [-0.4, -0.2) is 43.8 Å². The molecule has 1 aromatic heterocycles. The van der Waals surface area contributed by atoms with E-state index in [1.54, 1.807) is 19.2 Å². The van der Waals surface area contributed by atoms with Crippen LogP contribution in [0, 0.1) is 5.82 Å². The Bertz CT molecular complexity index is 730. The maximum absolute atomic E-state index is 13.9. The molecule has 0 saturated heterocycles. The molecule has 0 atom stereocenters. The molecule has 0 aliphatic heterocycles. The lowest BCUT2D eigenvalue weighted by molar-refractivity contribution is -0.127. The van der Waals surface area contributed by atoms with Crippen molar-refractivity contribution in [2.45, 2.75) is 43.4 Å². The zero-order chi connectivity index (χ0) is 17.8. The van der Waals surface area contributed by atoms with Crippen LogP contribution in [0.5, 0.6) is 0 Å². The number of benzene rings is 1. The molecule has 0 N–H and O–H groups in total. The number of rotatable bonds is 6. The summed E-state index contributed by atoms with van der Waals surface area (Å²) in [5.74, 6) is -0.356. The molecule has 1 aliphatic rings. The van der Waals surface area contributed by atoms with Gasteiger partial charge in [-0.2, -0.15) is 0 Å². The molecule has 9 heteroatoms. The molecule has 1 heterocycles. The highest BCUT2D eigenvalue weighted by molar-refractivity contribution is 7.99. The number of thioether (sulfide) groups is 1. The topological polar surface area (TPSA) is 63.9 Å². The summed E-state index contributed by atoms with van der Waals surface area (Å²) in [6.07, 6.45) is 4.50. The first-order valence-corrected chi connectivity index (χ1v) is 9.50. The van der Waals surface area contributed by atoms with Crippen molar-refractivity contribution in [3.63, 3.8) is 0 Å². The molecule has 6 nitrogen and oxygen atoms in total. The number of carbonyl (C=O) groups is 1. The summed E-state index contributed by atoms with van der Waals surface area (Å²) in [5.41, 5.74) is 0.320. The minimum Gasteiger partial charge on any atom is -0.341 e. The normalized spacial score (nSPS) is 14.8. The van der Waals surface area contributed by atoms with Gasteiger partial charge < -0.3 is 4.90 Å². The number of nitrogens with zero attached hydrogens (tertiary/aromatic N) is 5. The summed E-state index contributed by atoms with van der Waals surface area (Å²) in [6.45, 7) is 0.123. The Morgan fingerprint density at radius 2 is 2.20 bits per heavy atom. The molecule has 0 radical (unpaired) electrons. The van der Waals surface area contributed by atoms with Crippen LogP contribution in [0.25, 0.3) is 0 Å². The van der Waals surface area contributed by atoms with E-state index < -0.39 is 5.82 Å². The molecular weight excluding hydrogens is 365 g/mol. The van der Waals surface area contributed by atoms with Gasteiger partial charge in [-0.25, -0.2) is 9.07 Å². The summed E-state index contributed by atoms with van der Waals surface area (Å²) < 4.78 is 15.7. The van der Waals surface area contributed by atoms with Gasteiger partial charge in [0.2, 0.25) is 11.1 Å². The molecule has 1 aromatic carbocycles. The van der Waals surface area contributed by atoms with Crippen LogP contribution in [-0.2, 0) is 11.3 Å². The number of carbonyl (C=O) groups excluding carboxylic acids is 1. The molecule has 1 aliphatic carbocycles. The zero-order valence-electron chi connectivity index (χ0n) is 13.9. The first-order chi connectivity index (χ1) is 12.1. The van der Waals surface area contributed by atoms with E-state index in [0.29, 0.717) is 21.8 Å². The van der Waals surface area contributed by atoms with E-state index in [1.165, 1.54) is 35.6 Å². The molecule has 1 fully saturated rings. The Kier molecular flexibility index (Phi) is 5.90. The first kappa shape index (κ1) is 18.1. The number of aromatic nitrogens is 4. The van der Waals surface area contributed by atoms with Crippen molar-refractivity contribution in [3.8, 4) is 0 Å². The van der Waals surface area contributed by atoms with Crippen LogP contribution >= 0.6 is 23.4 Å². The van der Waals surface area contributed by atoms with Crippen molar-refractivity contribution in [1.29, 1.82) is 0 Å². The van der Waals surface area contributed by atoms with Gasteiger partial charge in [0.1, 0.15) is 5.82 Å². The molecule has 1 amide bonds. The minimum atomic E-state index is -0.412. The van der Waals surface area contributed by atoms with Crippen LogP contribution < -0.4 is 0 Å². The van der Waals surface area contributed by atoms with Gasteiger partial charge in [-0.1, -0.05) is 42.3 Å². The van der Waals surface area contributed by atoms with E-state index in [2.05, 4.69) is 15.5 Å². The van der Waals surface area contributed by atoms with Crippen molar-refractivity contribution < 1.29 is 9.18 Å². The van der Waals surface area contributed by atoms with E-state index in [1.807, 2.05) is 4.68 Å². The van der Waals surface area contributed by atoms with Gasteiger partial charge in [0.05, 0.1) is 11.8 Å². The molecule has 25 heavy (non-hydrogen) atoms.